The molecular formula is C21H30N6O2. The summed E-state index contributed by atoms with van der Waals surface area (Å²) in [6, 6.07) is 5.71. The summed E-state index contributed by atoms with van der Waals surface area (Å²) >= 11 is 0. The minimum atomic E-state index is -0.150. The van der Waals surface area contributed by atoms with Gasteiger partial charge in [0.15, 0.2) is 0 Å². The molecule has 1 amide bonds. The monoisotopic (exact) mass is 398 g/mol. The molecule has 1 unspecified atom stereocenters. The third-order valence-corrected chi connectivity index (χ3v) is 5.50. The van der Waals surface area contributed by atoms with E-state index in [1.54, 1.807) is 16.7 Å². The van der Waals surface area contributed by atoms with E-state index in [1.165, 1.54) is 0 Å². The van der Waals surface area contributed by atoms with E-state index in [1.807, 2.05) is 27.1 Å². The van der Waals surface area contributed by atoms with E-state index < -0.39 is 0 Å². The first-order valence-corrected chi connectivity index (χ1v) is 10.0. The molecule has 0 saturated carbocycles. The first kappa shape index (κ1) is 21.0. The molecule has 0 aliphatic heterocycles. The number of hydrogen-bond donors (Lipinski definition) is 3. The highest BCUT2D eigenvalue weighted by molar-refractivity contribution is 6.06. The molecule has 3 aromatic rings. The predicted octanol–water partition coefficient (Wildman–Crippen LogP) is 1.61. The second kappa shape index (κ2) is 8.75. The van der Waals surface area contributed by atoms with Gasteiger partial charge in [-0.25, -0.2) is 0 Å². The molecule has 0 radical (unpaired) electrons. The zero-order valence-electron chi connectivity index (χ0n) is 17.6. The van der Waals surface area contributed by atoms with Crippen molar-refractivity contribution in [2.45, 2.75) is 39.3 Å². The molecule has 156 valence electrons. The Kier molecular flexibility index (Phi) is 6.34. The van der Waals surface area contributed by atoms with Crippen LogP contribution in [0.5, 0.6) is 0 Å². The lowest BCUT2D eigenvalue weighted by Crippen LogP contribution is -2.39. The van der Waals surface area contributed by atoms with Crippen LogP contribution in [-0.2, 0) is 6.54 Å². The fourth-order valence-electron chi connectivity index (χ4n) is 3.70. The summed E-state index contributed by atoms with van der Waals surface area (Å²) in [5, 5.41) is 11.7. The number of hydrogen-bond acceptors (Lipinski definition) is 5. The average Bonchev–Trinajstić information content (AvgIpc) is 3.09. The molecule has 0 bridgehead atoms. The van der Waals surface area contributed by atoms with Gasteiger partial charge in [-0.1, -0.05) is 6.92 Å². The molecule has 8 nitrogen and oxygen atoms in total. The Bertz CT molecular complexity index is 1080. The van der Waals surface area contributed by atoms with E-state index in [-0.39, 0.29) is 17.5 Å². The van der Waals surface area contributed by atoms with Gasteiger partial charge in [-0.15, -0.1) is 0 Å². The zero-order valence-corrected chi connectivity index (χ0v) is 17.6. The molecule has 1 atom stereocenters. The molecule has 0 aliphatic carbocycles. The van der Waals surface area contributed by atoms with Crippen molar-refractivity contribution in [3.05, 3.63) is 39.8 Å². The number of likely N-dealkylation sites (N-methyl/N-ethyl adjacent to an activating group) is 1. The van der Waals surface area contributed by atoms with E-state index in [0.717, 1.165) is 17.5 Å². The minimum absolute atomic E-state index is 0.108. The van der Waals surface area contributed by atoms with Gasteiger partial charge in [0.1, 0.15) is 5.52 Å². The quantitative estimate of drug-likeness (QED) is 0.534. The van der Waals surface area contributed by atoms with Crippen LogP contribution in [0.2, 0.25) is 0 Å². The standard InChI is InChI=1S/C21H30N6O2/c1-5-15(26(3)4)12-23-20(28)14-7-8-16-17(11-14)27(10-6-9-22)21(29)18-13(2)24-25-19(16)18/h7-8,11,15H,5-6,9-10,12,22H2,1-4H3,(H,23,28)(H,24,25). The molecule has 29 heavy (non-hydrogen) atoms. The molecular weight excluding hydrogens is 368 g/mol. The molecule has 3 rings (SSSR count). The van der Waals surface area contributed by atoms with Crippen molar-refractivity contribution in [3.8, 4) is 0 Å². The number of nitrogens with two attached hydrogens (primary N) is 1. The van der Waals surface area contributed by atoms with Crippen LogP contribution in [0, 0.1) is 6.92 Å². The number of carbonyl (C=O) groups is 1. The number of aromatic nitrogens is 3. The fraction of sp³-hybridized carbons (Fsp3) is 0.476. The van der Waals surface area contributed by atoms with Gasteiger partial charge in [-0.3, -0.25) is 14.7 Å². The van der Waals surface area contributed by atoms with Gasteiger partial charge < -0.3 is 20.5 Å². The Morgan fingerprint density at radius 1 is 1.38 bits per heavy atom. The number of fused-ring (bicyclic) bond motifs is 3. The number of aromatic amines is 1. The van der Waals surface area contributed by atoms with Crippen molar-refractivity contribution in [1.29, 1.82) is 0 Å². The van der Waals surface area contributed by atoms with Crippen LogP contribution in [-0.4, -0.2) is 58.8 Å². The maximum atomic E-state index is 13.1. The summed E-state index contributed by atoms with van der Waals surface area (Å²) in [6.45, 7) is 5.49. The van der Waals surface area contributed by atoms with Gasteiger partial charge in [0.2, 0.25) is 0 Å². The zero-order chi connectivity index (χ0) is 21.1. The molecule has 0 aliphatic rings. The summed E-state index contributed by atoms with van der Waals surface area (Å²) in [6.07, 6.45) is 1.62. The maximum Gasteiger partial charge on any atom is 0.262 e. The van der Waals surface area contributed by atoms with Crippen molar-refractivity contribution in [1.82, 2.24) is 25.0 Å². The Hall–Kier alpha value is -2.71. The topological polar surface area (TPSA) is 109 Å². The SMILES string of the molecule is CCC(CNC(=O)c1ccc2c3n[nH]c(C)c3c(=O)n(CCCN)c2c1)N(C)C. The number of pyridine rings is 1. The van der Waals surface area contributed by atoms with Crippen molar-refractivity contribution in [2.24, 2.45) is 5.73 Å². The molecule has 2 aromatic heterocycles. The summed E-state index contributed by atoms with van der Waals surface area (Å²) in [5.41, 5.74) is 8.17. The van der Waals surface area contributed by atoms with Crippen molar-refractivity contribution >= 4 is 27.7 Å². The van der Waals surface area contributed by atoms with E-state index in [0.29, 0.717) is 48.0 Å². The van der Waals surface area contributed by atoms with Crippen molar-refractivity contribution < 1.29 is 4.79 Å². The Morgan fingerprint density at radius 3 is 2.79 bits per heavy atom. The predicted molar refractivity (Wildman–Crippen MR) is 116 cm³/mol. The van der Waals surface area contributed by atoms with Gasteiger partial charge in [0.05, 0.1) is 10.9 Å². The highest BCUT2D eigenvalue weighted by atomic mass is 16.1. The summed E-state index contributed by atoms with van der Waals surface area (Å²) in [5.74, 6) is -0.150. The number of nitrogens with zero attached hydrogens (tertiary/aromatic N) is 3. The first-order chi connectivity index (χ1) is 13.9. The minimum Gasteiger partial charge on any atom is -0.350 e. The molecule has 0 fully saturated rings. The lowest BCUT2D eigenvalue weighted by Gasteiger charge is -2.23. The third-order valence-electron chi connectivity index (χ3n) is 5.50. The van der Waals surface area contributed by atoms with E-state index >= 15 is 0 Å². The maximum absolute atomic E-state index is 13.1. The van der Waals surface area contributed by atoms with Crippen LogP contribution in [0.15, 0.2) is 23.0 Å². The molecule has 2 heterocycles. The number of benzene rings is 1. The lowest BCUT2D eigenvalue weighted by molar-refractivity contribution is 0.0941. The summed E-state index contributed by atoms with van der Waals surface area (Å²) in [4.78, 5) is 27.9. The Labute approximate surface area is 170 Å². The summed E-state index contributed by atoms with van der Waals surface area (Å²) in [7, 11) is 4.01. The van der Waals surface area contributed by atoms with E-state index in [2.05, 4.69) is 27.3 Å². The van der Waals surface area contributed by atoms with E-state index in [9.17, 15) is 9.59 Å². The molecule has 4 N–H and O–H groups in total. The molecule has 8 heteroatoms. The number of nitrogens with one attached hydrogen (secondary N) is 2. The number of H-pyrrole nitrogens is 1. The van der Waals surface area contributed by atoms with Crippen LogP contribution in [0.25, 0.3) is 21.8 Å². The van der Waals surface area contributed by atoms with Gasteiger partial charge in [-0.05, 0) is 58.6 Å². The van der Waals surface area contributed by atoms with Crippen molar-refractivity contribution in [2.75, 3.05) is 27.2 Å². The first-order valence-electron chi connectivity index (χ1n) is 10.0. The lowest BCUT2D eigenvalue weighted by atomic mass is 10.1. The largest absolute Gasteiger partial charge is 0.350 e. The number of amides is 1. The number of rotatable bonds is 8. The van der Waals surface area contributed by atoms with Crippen LogP contribution < -0.4 is 16.6 Å². The number of carbonyl (C=O) groups excluding carboxylic acids is 1. The van der Waals surface area contributed by atoms with Crippen LogP contribution in [0.1, 0.15) is 35.8 Å². The highest BCUT2D eigenvalue weighted by Gasteiger charge is 2.17. The Morgan fingerprint density at radius 2 is 2.14 bits per heavy atom. The Balaban J connectivity index is 2.05. The normalized spacial score (nSPS) is 12.8. The van der Waals surface area contributed by atoms with Gasteiger partial charge in [0, 0.05) is 35.8 Å². The third kappa shape index (κ3) is 4.04. The molecule has 1 aromatic carbocycles. The average molecular weight is 399 g/mol. The fourth-order valence-corrected chi connectivity index (χ4v) is 3.70. The van der Waals surface area contributed by atoms with Gasteiger partial charge in [0.25, 0.3) is 11.5 Å². The molecule has 0 saturated heterocycles. The van der Waals surface area contributed by atoms with Crippen LogP contribution >= 0.6 is 0 Å². The second-order valence-corrected chi connectivity index (χ2v) is 7.64. The van der Waals surface area contributed by atoms with Gasteiger partial charge in [-0.2, -0.15) is 5.10 Å². The second-order valence-electron chi connectivity index (χ2n) is 7.64. The molecule has 0 spiro atoms. The van der Waals surface area contributed by atoms with Crippen LogP contribution in [0.3, 0.4) is 0 Å². The van der Waals surface area contributed by atoms with Gasteiger partial charge >= 0.3 is 0 Å². The van der Waals surface area contributed by atoms with Crippen molar-refractivity contribution in [3.63, 3.8) is 0 Å². The van der Waals surface area contributed by atoms with E-state index in [4.69, 9.17) is 5.73 Å². The highest BCUT2D eigenvalue weighted by Crippen LogP contribution is 2.24. The van der Waals surface area contributed by atoms with Crippen LogP contribution in [0.4, 0.5) is 0 Å². The number of aryl methyl sites for hydroxylation is 2. The smallest absolute Gasteiger partial charge is 0.262 e. The summed E-state index contributed by atoms with van der Waals surface area (Å²) < 4.78 is 1.71.